The summed E-state index contributed by atoms with van der Waals surface area (Å²) in [5.74, 6) is 0.778. The maximum atomic E-state index is 12.2. The molecule has 1 N–H and O–H groups in total. The van der Waals surface area contributed by atoms with Crippen molar-refractivity contribution in [1.29, 1.82) is 0 Å². The van der Waals surface area contributed by atoms with Crippen LogP contribution in [0.3, 0.4) is 0 Å². The topological polar surface area (TPSA) is 68.0 Å². The summed E-state index contributed by atoms with van der Waals surface area (Å²) in [6.45, 7) is 1.89. The number of nitrogens with one attached hydrogen (secondary N) is 1. The van der Waals surface area contributed by atoms with E-state index in [1.165, 1.54) is 0 Å². The number of carbonyl (C=O) groups excluding carboxylic acids is 1. The molecule has 0 bridgehead atoms. The molecule has 2 aromatic carbocycles. The van der Waals surface area contributed by atoms with E-state index in [9.17, 15) is 4.79 Å². The van der Waals surface area contributed by atoms with Crippen LogP contribution in [0.15, 0.2) is 53.1 Å². The molecule has 0 spiro atoms. The highest BCUT2D eigenvalue weighted by molar-refractivity contribution is 6.31. The van der Waals surface area contributed by atoms with E-state index >= 15 is 0 Å². The van der Waals surface area contributed by atoms with Crippen LogP contribution in [0.5, 0.6) is 0 Å². The van der Waals surface area contributed by atoms with Gasteiger partial charge in [-0.1, -0.05) is 46.6 Å². The molecule has 0 aliphatic rings. The predicted molar refractivity (Wildman–Crippen MR) is 101 cm³/mol. The largest absolute Gasteiger partial charge is 0.350 e. The van der Waals surface area contributed by atoms with Gasteiger partial charge in [-0.2, -0.15) is 4.98 Å². The molecule has 3 rings (SSSR count). The minimum Gasteiger partial charge on any atom is -0.350 e. The fraction of sp³-hybridized carbons (Fsp3) is 0.211. The van der Waals surface area contributed by atoms with Gasteiger partial charge in [-0.25, -0.2) is 0 Å². The zero-order valence-electron chi connectivity index (χ0n) is 14.1. The first-order valence-corrected chi connectivity index (χ1v) is 8.91. The van der Waals surface area contributed by atoms with Crippen LogP contribution in [0.1, 0.15) is 30.8 Å². The van der Waals surface area contributed by atoms with Crippen molar-refractivity contribution in [3.8, 4) is 11.4 Å². The van der Waals surface area contributed by atoms with Crippen molar-refractivity contribution in [2.24, 2.45) is 0 Å². The number of aromatic nitrogens is 2. The Balaban J connectivity index is 1.55. The zero-order valence-corrected chi connectivity index (χ0v) is 15.6. The quantitative estimate of drug-likeness (QED) is 0.653. The van der Waals surface area contributed by atoms with Crippen LogP contribution in [0.2, 0.25) is 10.0 Å². The van der Waals surface area contributed by atoms with Gasteiger partial charge in [-0.05, 0) is 42.8 Å². The van der Waals surface area contributed by atoms with Gasteiger partial charge in [0.1, 0.15) is 0 Å². The molecule has 0 saturated heterocycles. The molecule has 0 fully saturated rings. The lowest BCUT2D eigenvalue weighted by atomic mass is 10.1. The average Bonchev–Trinajstić information content (AvgIpc) is 3.10. The number of carbonyl (C=O) groups is 1. The molecule has 134 valence electrons. The lowest BCUT2D eigenvalue weighted by Crippen LogP contribution is -2.27. The number of halogens is 2. The number of hydrogen-bond acceptors (Lipinski definition) is 4. The zero-order chi connectivity index (χ0) is 18.5. The molecular weight excluding hydrogens is 373 g/mol. The molecule has 1 atom stereocenters. The van der Waals surface area contributed by atoms with E-state index in [-0.39, 0.29) is 18.4 Å². The summed E-state index contributed by atoms with van der Waals surface area (Å²) < 4.78 is 5.21. The third-order valence-corrected chi connectivity index (χ3v) is 4.48. The summed E-state index contributed by atoms with van der Waals surface area (Å²) >= 11 is 12.0. The molecule has 0 aliphatic carbocycles. The molecular formula is C19H17Cl2N3O2. The van der Waals surface area contributed by atoms with Crippen molar-refractivity contribution in [3.63, 3.8) is 0 Å². The van der Waals surface area contributed by atoms with E-state index in [1.807, 2.05) is 37.3 Å². The summed E-state index contributed by atoms with van der Waals surface area (Å²) in [6, 6.07) is 14.4. The van der Waals surface area contributed by atoms with E-state index in [1.54, 1.807) is 18.2 Å². The molecule has 1 aromatic heterocycles. The van der Waals surface area contributed by atoms with Crippen molar-refractivity contribution in [3.05, 3.63) is 70.0 Å². The Hall–Kier alpha value is -2.37. The first kappa shape index (κ1) is 18.4. The van der Waals surface area contributed by atoms with Gasteiger partial charge in [0, 0.05) is 28.5 Å². The number of nitrogens with zero attached hydrogens (tertiary/aromatic N) is 2. The molecule has 0 saturated carbocycles. The summed E-state index contributed by atoms with van der Waals surface area (Å²) in [7, 11) is 0. The number of aryl methyl sites for hydroxylation is 1. The molecule has 7 heteroatoms. The molecule has 1 amide bonds. The second-order valence-corrected chi connectivity index (χ2v) is 6.67. The number of rotatable bonds is 6. The fourth-order valence-corrected chi connectivity index (χ4v) is 2.94. The van der Waals surface area contributed by atoms with Crippen LogP contribution < -0.4 is 5.32 Å². The first-order valence-electron chi connectivity index (χ1n) is 8.15. The molecule has 5 nitrogen and oxygen atoms in total. The molecule has 26 heavy (non-hydrogen) atoms. The molecule has 1 unspecified atom stereocenters. The van der Waals surface area contributed by atoms with Gasteiger partial charge in [-0.15, -0.1) is 0 Å². The highest BCUT2D eigenvalue weighted by Gasteiger charge is 2.14. The lowest BCUT2D eigenvalue weighted by Gasteiger charge is -2.15. The summed E-state index contributed by atoms with van der Waals surface area (Å²) in [4.78, 5) is 16.5. The van der Waals surface area contributed by atoms with Crippen LogP contribution in [0.25, 0.3) is 11.4 Å². The Morgan fingerprint density at radius 2 is 1.88 bits per heavy atom. The summed E-state index contributed by atoms with van der Waals surface area (Å²) in [6.07, 6.45) is 0.610. The minimum atomic E-state index is -0.177. The SMILES string of the molecule is CC(NC(=O)CCc1nc(-c2ccc(Cl)cc2)no1)c1ccccc1Cl. The molecule has 0 radical (unpaired) electrons. The second kappa shape index (κ2) is 8.34. The standard InChI is InChI=1S/C19H17Cl2N3O2/c1-12(15-4-2-3-5-16(15)21)22-17(25)10-11-18-23-19(24-26-18)13-6-8-14(20)9-7-13/h2-9,12H,10-11H2,1H3,(H,22,25). The maximum Gasteiger partial charge on any atom is 0.227 e. The first-order chi connectivity index (χ1) is 12.5. The van der Waals surface area contributed by atoms with Gasteiger partial charge in [-0.3, -0.25) is 4.79 Å². The fourth-order valence-electron chi connectivity index (χ4n) is 2.51. The Morgan fingerprint density at radius 3 is 2.62 bits per heavy atom. The predicted octanol–water partition coefficient (Wildman–Crippen LogP) is 4.85. The van der Waals surface area contributed by atoms with E-state index in [0.717, 1.165) is 11.1 Å². The minimum absolute atomic E-state index is 0.108. The normalized spacial score (nSPS) is 12.0. The van der Waals surface area contributed by atoms with Crippen LogP contribution in [-0.4, -0.2) is 16.0 Å². The van der Waals surface area contributed by atoms with E-state index in [2.05, 4.69) is 15.5 Å². The highest BCUT2D eigenvalue weighted by Crippen LogP contribution is 2.22. The Kier molecular flexibility index (Phi) is 5.91. The van der Waals surface area contributed by atoms with Crippen molar-refractivity contribution in [1.82, 2.24) is 15.5 Å². The van der Waals surface area contributed by atoms with E-state index < -0.39 is 0 Å². The van der Waals surface area contributed by atoms with Gasteiger partial charge in [0.15, 0.2) is 0 Å². The van der Waals surface area contributed by atoms with Crippen molar-refractivity contribution in [2.45, 2.75) is 25.8 Å². The molecule has 3 aromatic rings. The lowest BCUT2D eigenvalue weighted by molar-refractivity contribution is -0.121. The Labute approximate surface area is 161 Å². The van der Waals surface area contributed by atoms with Gasteiger partial charge >= 0.3 is 0 Å². The van der Waals surface area contributed by atoms with Gasteiger partial charge in [0.25, 0.3) is 0 Å². The maximum absolute atomic E-state index is 12.2. The molecule has 1 heterocycles. The van der Waals surface area contributed by atoms with Gasteiger partial charge < -0.3 is 9.84 Å². The summed E-state index contributed by atoms with van der Waals surface area (Å²) in [5, 5.41) is 8.13. The number of amides is 1. The Bertz CT molecular complexity index is 894. The van der Waals surface area contributed by atoms with E-state index in [0.29, 0.717) is 28.2 Å². The summed E-state index contributed by atoms with van der Waals surface area (Å²) in [5.41, 5.74) is 1.69. The third kappa shape index (κ3) is 4.62. The van der Waals surface area contributed by atoms with Crippen LogP contribution in [0.4, 0.5) is 0 Å². The smallest absolute Gasteiger partial charge is 0.227 e. The van der Waals surface area contributed by atoms with Gasteiger partial charge in [0.2, 0.25) is 17.6 Å². The van der Waals surface area contributed by atoms with Crippen molar-refractivity contribution < 1.29 is 9.32 Å². The van der Waals surface area contributed by atoms with Crippen LogP contribution >= 0.6 is 23.2 Å². The van der Waals surface area contributed by atoms with Crippen LogP contribution in [0, 0.1) is 0 Å². The van der Waals surface area contributed by atoms with E-state index in [4.69, 9.17) is 27.7 Å². The third-order valence-electron chi connectivity index (χ3n) is 3.89. The van der Waals surface area contributed by atoms with Crippen LogP contribution in [-0.2, 0) is 11.2 Å². The van der Waals surface area contributed by atoms with Crippen molar-refractivity contribution in [2.75, 3.05) is 0 Å². The molecule has 0 aliphatic heterocycles. The van der Waals surface area contributed by atoms with Gasteiger partial charge in [0.05, 0.1) is 6.04 Å². The number of benzene rings is 2. The number of hydrogen-bond donors (Lipinski definition) is 1. The average molecular weight is 390 g/mol. The second-order valence-electron chi connectivity index (χ2n) is 5.83. The highest BCUT2D eigenvalue weighted by atomic mass is 35.5. The Morgan fingerprint density at radius 1 is 1.15 bits per heavy atom. The monoisotopic (exact) mass is 389 g/mol. The van der Waals surface area contributed by atoms with Crippen molar-refractivity contribution >= 4 is 29.1 Å².